The summed E-state index contributed by atoms with van der Waals surface area (Å²) in [5, 5.41) is 0.450. The highest BCUT2D eigenvalue weighted by atomic mass is 31.2. The Kier molecular flexibility index (Phi) is 3.85. The summed E-state index contributed by atoms with van der Waals surface area (Å²) < 4.78 is 5.38. The predicted octanol–water partition coefficient (Wildman–Crippen LogP) is 2.26. The van der Waals surface area contributed by atoms with Crippen LogP contribution in [0.1, 0.15) is 27.2 Å². The van der Waals surface area contributed by atoms with E-state index >= 15 is 0 Å². The van der Waals surface area contributed by atoms with Crippen LogP contribution >= 0.6 is 7.94 Å². The molecule has 0 heterocycles. The Balaban J connectivity index is 2.85. The van der Waals surface area contributed by atoms with Gasteiger partial charge in [0, 0.05) is 0 Å². The molecule has 0 saturated carbocycles. The van der Waals surface area contributed by atoms with Crippen molar-refractivity contribution >= 4 is 13.2 Å². The molecule has 0 fully saturated rings. The van der Waals surface area contributed by atoms with Crippen molar-refractivity contribution in [1.82, 2.24) is 0 Å². The van der Waals surface area contributed by atoms with Gasteiger partial charge in [-0.1, -0.05) is 25.1 Å². The van der Waals surface area contributed by atoms with Crippen LogP contribution in [-0.4, -0.2) is 15.4 Å². The van der Waals surface area contributed by atoms with Gasteiger partial charge >= 0.3 is 7.94 Å². The summed E-state index contributed by atoms with van der Waals surface area (Å²) in [6.45, 7) is 5.64. The molecule has 2 N–H and O–H groups in total. The van der Waals surface area contributed by atoms with Crippen LogP contribution in [0.5, 0.6) is 0 Å². The van der Waals surface area contributed by atoms with Crippen LogP contribution in [0.4, 0.5) is 0 Å². The van der Waals surface area contributed by atoms with Crippen LogP contribution in [-0.2, 0) is 4.52 Å². The largest absolute Gasteiger partial charge is 0.444 e. The second-order valence-corrected chi connectivity index (χ2v) is 5.87. The van der Waals surface area contributed by atoms with Crippen LogP contribution in [0.2, 0.25) is 0 Å². The molecule has 0 aliphatic rings. The monoisotopic (exact) mass is 229 g/mol. The first kappa shape index (κ1) is 12.6. The lowest BCUT2D eigenvalue weighted by atomic mass is 10.1. The molecule has 4 heteroatoms. The van der Waals surface area contributed by atoms with E-state index in [2.05, 4.69) is 0 Å². The van der Waals surface area contributed by atoms with Gasteiger partial charge in [-0.05, 0) is 32.4 Å². The smallest absolute Gasteiger partial charge is 0.188 e. The lowest BCUT2D eigenvalue weighted by Gasteiger charge is -2.23. The fraction of sp³-hybridized carbons (Fsp3) is 0.455. The third-order valence-electron chi connectivity index (χ3n) is 2.32. The van der Waals surface area contributed by atoms with Gasteiger partial charge in [-0.15, -0.1) is 0 Å². The third kappa shape index (κ3) is 3.54. The van der Waals surface area contributed by atoms with Crippen molar-refractivity contribution in [2.24, 2.45) is 0 Å². The van der Waals surface area contributed by atoms with Gasteiger partial charge in [0.2, 0.25) is 0 Å². The van der Waals surface area contributed by atoms with E-state index in [9.17, 15) is 9.79 Å². The molecular formula is C11H18O3P+. The Hall–Kier alpha value is -0.470. The minimum Gasteiger partial charge on any atom is -0.188 e. The first-order chi connectivity index (χ1) is 6.87. The van der Waals surface area contributed by atoms with Crippen molar-refractivity contribution in [1.29, 1.82) is 0 Å². The van der Waals surface area contributed by atoms with Gasteiger partial charge in [-0.2, -0.15) is 14.3 Å². The van der Waals surface area contributed by atoms with Crippen molar-refractivity contribution in [2.45, 2.75) is 32.8 Å². The first-order valence-corrected chi connectivity index (χ1v) is 6.59. The lowest BCUT2D eigenvalue weighted by Crippen LogP contribution is -2.27. The molecule has 0 saturated heterocycles. The number of rotatable bonds is 4. The Morgan fingerprint density at radius 3 is 2.20 bits per heavy atom. The SMILES string of the molecule is CCC(C)(C)O[P+](O)(O)c1ccccc1. The molecule has 0 aliphatic heterocycles. The summed E-state index contributed by atoms with van der Waals surface area (Å²) in [6, 6.07) is 8.69. The van der Waals surface area contributed by atoms with E-state index in [1.165, 1.54) is 0 Å². The Morgan fingerprint density at radius 2 is 1.73 bits per heavy atom. The van der Waals surface area contributed by atoms with E-state index in [1.54, 1.807) is 24.3 Å². The zero-order chi connectivity index (χ0) is 11.5. The standard InChI is InChI=1S/C11H18O3P/c1-4-11(2,3)14-15(12,13)10-8-6-5-7-9-10/h5-9,12-13H,4H2,1-3H3/q+1. The van der Waals surface area contributed by atoms with Crippen LogP contribution in [0.15, 0.2) is 30.3 Å². The second-order valence-electron chi connectivity index (χ2n) is 4.08. The number of hydrogen-bond donors (Lipinski definition) is 2. The molecule has 0 atom stereocenters. The summed E-state index contributed by atoms with van der Waals surface area (Å²) in [5.74, 6) is 0. The summed E-state index contributed by atoms with van der Waals surface area (Å²) in [6.07, 6.45) is 0.725. The Labute approximate surface area is 91.3 Å². The Bertz CT molecular complexity index is 309. The highest BCUT2D eigenvalue weighted by Crippen LogP contribution is 2.53. The van der Waals surface area contributed by atoms with E-state index in [-0.39, 0.29) is 0 Å². The van der Waals surface area contributed by atoms with E-state index in [4.69, 9.17) is 4.52 Å². The normalized spacial score (nSPS) is 12.9. The minimum absolute atomic E-state index is 0.450. The van der Waals surface area contributed by atoms with E-state index in [0.717, 1.165) is 6.42 Å². The van der Waals surface area contributed by atoms with E-state index in [0.29, 0.717) is 5.30 Å². The van der Waals surface area contributed by atoms with E-state index in [1.807, 2.05) is 26.8 Å². The number of hydrogen-bond acceptors (Lipinski definition) is 3. The highest BCUT2D eigenvalue weighted by Gasteiger charge is 2.44. The van der Waals surface area contributed by atoms with Crippen LogP contribution in [0.25, 0.3) is 0 Å². The van der Waals surface area contributed by atoms with Gasteiger partial charge in [0.1, 0.15) is 5.60 Å². The van der Waals surface area contributed by atoms with Gasteiger partial charge in [-0.3, -0.25) is 0 Å². The first-order valence-electron chi connectivity index (χ1n) is 4.98. The molecule has 1 aromatic carbocycles. The lowest BCUT2D eigenvalue weighted by molar-refractivity contribution is 0.0790. The molecule has 0 amide bonds. The van der Waals surface area contributed by atoms with Crippen LogP contribution in [0, 0.1) is 0 Å². The summed E-state index contributed by atoms with van der Waals surface area (Å²) in [7, 11) is -3.43. The third-order valence-corrected chi connectivity index (χ3v) is 4.04. The predicted molar refractivity (Wildman–Crippen MR) is 62.9 cm³/mol. The summed E-state index contributed by atoms with van der Waals surface area (Å²) >= 11 is 0. The van der Waals surface area contributed by atoms with Gasteiger partial charge in [0.25, 0.3) is 0 Å². The molecule has 1 rings (SSSR count). The fourth-order valence-electron chi connectivity index (χ4n) is 1.08. The van der Waals surface area contributed by atoms with Gasteiger partial charge in [-0.25, -0.2) is 0 Å². The fourth-order valence-corrected chi connectivity index (χ4v) is 2.57. The molecule has 0 unspecified atom stereocenters. The molecule has 0 aromatic heterocycles. The Morgan fingerprint density at radius 1 is 1.20 bits per heavy atom. The van der Waals surface area contributed by atoms with Crippen molar-refractivity contribution in [3.8, 4) is 0 Å². The van der Waals surface area contributed by atoms with Gasteiger partial charge in [0.05, 0.1) is 0 Å². The average molecular weight is 229 g/mol. The molecule has 0 radical (unpaired) electrons. The molecular weight excluding hydrogens is 211 g/mol. The molecule has 0 spiro atoms. The van der Waals surface area contributed by atoms with E-state index < -0.39 is 13.5 Å². The maximum Gasteiger partial charge on any atom is 0.444 e. The second kappa shape index (κ2) is 4.58. The number of benzene rings is 1. The van der Waals surface area contributed by atoms with Crippen LogP contribution in [0.3, 0.4) is 0 Å². The molecule has 0 bridgehead atoms. The average Bonchev–Trinajstić information content (AvgIpc) is 2.18. The maximum absolute atomic E-state index is 9.90. The summed E-state index contributed by atoms with van der Waals surface area (Å²) in [4.78, 5) is 19.8. The molecule has 15 heavy (non-hydrogen) atoms. The molecule has 0 aliphatic carbocycles. The summed E-state index contributed by atoms with van der Waals surface area (Å²) in [5.41, 5.74) is -0.521. The zero-order valence-electron chi connectivity index (χ0n) is 9.34. The van der Waals surface area contributed by atoms with Crippen LogP contribution < -0.4 is 5.30 Å². The van der Waals surface area contributed by atoms with Crippen molar-refractivity contribution < 1.29 is 14.3 Å². The maximum atomic E-state index is 9.90. The molecule has 3 nitrogen and oxygen atoms in total. The molecule has 84 valence electrons. The zero-order valence-corrected chi connectivity index (χ0v) is 10.2. The van der Waals surface area contributed by atoms with Crippen molar-refractivity contribution in [3.63, 3.8) is 0 Å². The van der Waals surface area contributed by atoms with Crippen molar-refractivity contribution in [3.05, 3.63) is 30.3 Å². The van der Waals surface area contributed by atoms with Gasteiger partial charge < -0.3 is 0 Å². The highest BCUT2D eigenvalue weighted by molar-refractivity contribution is 7.67. The quantitative estimate of drug-likeness (QED) is 0.778. The molecule has 1 aromatic rings. The topological polar surface area (TPSA) is 49.7 Å². The van der Waals surface area contributed by atoms with Gasteiger partial charge in [0.15, 0.2) is 5.30 Å². The minimum atomic E-state index is -3.43. The van der Waals surface area contributed by atoms with Crippen molar-refractivity contribution in [2.75, 3.05) is 0 Å².